The Morgan fingerprint density at radius 2 is 1.36 bits per heavy atom. The largest absolute Gasteiger partial charge is 0.416 e. The van der Waals surface area contributed by atoms with Gasteiger partial charge in [0.15, 0.2) is 0 Å². The Kier molecular flexibility index (Phi) is 7.72. The number of hydrogen-bond acceptors (Lipinski definition) is 3. The summed E-state index contributed by atoms with van der Waals surface area (Å²) in [6.07, 6.45) is -10.3. The molecule has 3 rings (SSSR count). The summed E-state index contributed by atoms with van der Waals surface area (Å²) in [6, 6.07) is 10.8. The van der Waals surface area contributed by atoms with Gasteiger partial charge in [-0.3, -0.25) is 4.79 Å². The summed E-state index contributed by atoms with van der Waals surface area (Å²) in [4.78, 5) is 12.0. The number of sulfonamides is 1. The van der Waals surface area contributed by atoms with E-state index in [1.165, 1.54) is 36.4 Å². The van der Waals surface area contributed by atoms with Crippen molar-refractivity contribution in [1.29, 1.82) is 0 Å². The molecule has 1 atom stereocenters. The molecule has 1 amide bonds. The van der Waals surface area contributed by atoms with E-state index < -0.39 is 62.5 Å². The maximum absolute atomic E-state index is 13.6. The molecule has 13 heteroatoms. The number of hydrogen-bond donors (Lipinski definition) is 1. The molecule has 36 heavy (non-hydrogen) atoms. The lowest BCUT2D eigenvalue weighted by molar-refractivity contribution is -0.143. The fraction of sp³-hybridized carbons (Fsp3) is 0.174. The highest BCUT2D eigenvalue weighted by atomic mass is 35.5. The first-order chi connectivity index (χ1) is 16.6. The van der Waals surface area contributed by atoms with Crippen LogP contribution in [0, 0.1) is 0 Å². The van der Waals surface area contributed by atoms with Crippen LogP contribution in [0.5, 0.6) is 0 Å². The Morgan fingerprint density at radius 3 is 1.81 bits per heavy atom. The van der Waals surface area contributed by atoms with E-state index >= 15 is 0 Å². The predicted molar refractivity (Wildman–Crippen MR) is 119 cm³/mol. The van der Waals surface area contributed by atoms with Crippen LogP contribution in [-0.2, 0) is 33.7 Å². The molecule has 0 saturated carbocycles. The van der Waals surface area contributed by atoms with E-state index in [0.29, 0.717) is 16.4 Å². The van der Waals surface area contributed by atoms with Gasteiger partial charge in [-0.1, -0.05) is 41.9 Å². The first-order valence-electron chi connectivity index (χ1n) is 10.0. The molecule has 0 aromatic heterocycles. The number of nitrogens with zero attached hydrogens (tertiary/aromatic N) is 1. The lowest BCUT2D eigenvalue weighted by Gasteiger charge is -2.30. The molecule has 0 aliphatic carbocycles. The Morgan fingerprint density at radius 1 is 0.861 bits per heavy atom. The second-order valence-electron chi connectivity index (χ2n) is 7.63. The quantitative estimate of drug-likeness (QED) is 0.378. The number of nitrogens with two attached hydrogens (primary N) is 1. The van der Waals surface area contributed by atoms with Crippen molar-refractivity contribution in [2.75, 3.05) is 0 Å². The van der Waals surface area contributed by atoms with E-state index in [4.69, 9.17) is 17.3 Å². The summed E-state index contributed by atoms with van der Waals surface area (Å²) in [5.74, 6) is -1.19. The van der Waals surface area contributed by atoms with E-state index in [-0.39, 0.29) is 16.7 Å². The smallest absolute Gasteiger partial charge is 0.368 e. The highest BCUT2D eigenvalue weighted by molar-refractivity contribution is 7.89. The van der Waals surface area contributed by atoms with Crippen LogP contribution in [0.3, 0.4) is 0 Å². The maximum Gasteiger partial charge on any atom is 0.416 e. The summed E-state index contributed by atoms with van der Waals surface area (Å²) in [5.41, 5.74) is 1.63. The normalized spacial score (nSPS) is 13.6. The van der Waals surface area contributed by atoms with E-state index in [2.05, 4.69) is 0 Å². The van der Waals surface area contributed by atoms with Crippen LogP contribution in [-0.4, -0.2) is 18.6 Å². The molecule has 2 N–H and O–H groups in total. The van der Waals surface area contributed by atoms with Crippen molar-refractivity contribution >= 4 is 27.5 Å². The van der Waals surface area contributed by atoms with Crippen molar-refractivity contribution in [3.8, 4) is 0 Å². The van der Waals surface area contributed by atoms with Gasteiger partial charge in [0.1, 0.15) is 6.04 Å². The Bertz CT molecular complexity index is 1310. The zero-order chi connectivity index (χ0) is 26.9. The third-order valence-electron chi connectivity index (χ3n) is 5.08. The third kappa shape index (κ3) is 6.18. The first kappa shape index (κ1) is 27.5. The van der Waals surface area contributed by atoms with Gasteiger partial charge in [-0.25, -0.2) is 8.42 Å². The maximum atomic E-state index is 13.6. The van der Waals surface area contributed by atoms with Crippen LogP contribution in [0.25, 0.3) is 0 Å². The number of benzene rings is 3. The molecule has 1 unspecified atom stereocenters. The van der Waals surface area contributed by atoms with Gasteiger partial charge >= 0.3 is 12.4 Å². The minimum atomic E-state index is -5.15. The van der Waals surface area contributed by atoms with E-state index in [9.17, 15) is 39.6 Å². The zero-order valence-electron chi connectivity index (χ0n) is 18.0. The van der Waals surface area contributed by atoms with Gasteiger partial charge in [0.05, 0.1) is 16.0 Å². The SMILES string of the molecule is NC(=O)C(c1ccccc1)N(Cc1cc(C(F)(F)F)cc(C(F)(F)F)c1)S(=O)(=O)c1ccc(Cl)cc1. The molecule has 0 aliphatic heterocycles. The lowest BCUT2D eigenvalue weighted by Crippen LogP contribution is -2.41. The molecule has 0 saturated heterocycles. The molecule has 5 nitrogen and oxygen atoms in total. The standard InChI is InChI=1S/C23H17ClF6N2O3S/c24-18-6-8-19(9-7-18)36(34,35)32(20(21(31)33)15-4-2-1-3-5-15)13-14-10-16(22(25,26)27)12-17(11-14)23(28,29)30/h1-12,20H,13H2,(H2,31,33). The number of primary amides is 1. The van der Waals surface area contributed by atoms with E-state index in [1.54, 1.807) is 6.07 Å². The van der Waals surface area contributed by atoms with Gasteiger partial charge in [-0.2, -0.15) is 30.6 Å². The highest BCUT2D eigenvalue weighted by Gasteiger charge is 2.39. The lowest BCUT2D eigenvalue weighted by atomic mass is 10.0. The average Bonchev–Trinajstić information content (AvgIpc) is 2.78. The molecule has 0 bridgehead atoms. The van der Waals surface area contributed by atoms with Crippen molar-refractivity contribution in [1.82, 2.24) is 4.31 Å². The number of amides is 1. The predicted octanol–water partition coefficient (Wildman–Crippen LogP) is 5.80. The summed E-state index contributed by atoms with van der Waals surface area (Å²) in [7, 11) is -4.69. The molecule has 3 aromatic rings. The molecule has 0 heterocycles. The van der Waals surface area contributed by atoms with Crippen molar-refractivity contribution in [3.05, 3.63) is 100 Å². The van der Waals surface area contributed by atoms with Crippen molar-refractivity contribution in [2.45, 2.75) is 29.8 Å². The summed E-state index contributed by atoms with van der Waals surface area (Å²) in [5, 5.41) is 0.169. The number of carbonyl (C=O) groups excluding carboxylic acids is 1. The number of alkyl halides is 6. The average molecular weight is 551 g/mol. The fourth-order valence-electron chi connectivity index (χ4n) is 3.46. The molecule has 192 valence electrons. The van der Waals surface area contributed by atoms with Gasteiger partial charge in [0.2, 0.25) is 15.9 Å². The van der Waals surface area contributed by atoms with Gasteiger partial charge in [0.25, 0.3) is 0 Å². The molecule has 3 aromatic carbocycles. The van der Waals surface area contributed by atoms with Crippen LogP contribution in [0.2, 0.25) is 5.02 Å². The number of carbonyl (C=O) groups is 1. The van der Waals surface area contributed by atoms with Gasteiger partial charge in [-0.05, 0) is 53.6 Å². The summed E-state index contributed by atoms with van der Waals surface area (Å²) in [6.45, 7) is -1.03. The first-order valence-corrected chi connectivity index (χ1v) is 11.8. The zero-order valence-corrected chi connectivity index (χ0v) is 19.6. The number of rotatable bonds is 7. The monoisotopic (exact) mass is 550 g/mol. The summed E-state index contributed by atoms with van der Waals surface area (Å²) < 4.78 is 108. The van der Waals surface area contributed by atoms with E-state index in [0.717, 1.165) is 12.1 Å². The molecular formula is C23H17ClF6N2O3S. The highest BCUT2D eigenvalue weighted by Crippen LogP contribution is 2.38. The van der Waals surface area contributed by atoms with Crippen LogP contribution in [0.1, 0.15) is 28.3 Å². The Hall–Kier alpha value is -3.09. The topological polar surface area (TPSA) is 80.5 Å². The second kappa shape index (κ2) is 10.1. The van der Waals surface area contributed by atoms with Crippen LogP contribution >= 0.6 is 11.6 Å². The number of halogens is 7. The van der Waals surface area contributed by atoms with Crippen LogP contribution < -0.4 is 5.73 Å². The van der Waals surface area contributed by atoms with Gasteiger partial charge in [0, 0.05) is 11.6 Å². The molecule has 0 fully saturated rings. The summed E-state index contributed by atoms with van der Waals surface area (Å²) >= 11 is 5.80. The second-order valence-corrected chi connectivity index (χ2v) is 9.96. The van der Waals surface area contributed by atoms with Gasteiger partial charge < -0.3 is 5.73 Å². The van der Waals surface area contributed by atoms with Crippen molar-refractivity contribution < 1.29 is 39.6 Å². The molecule has 0 radical (unpaired) electrons. The minimum absolute atomic E-state index is 0.0607. The Balaban J connectivity index is 2.24. The van der Waals surface area contributed by atoms with Gasteiger partial charge in [-0.15, -0.1) is 0 Å². The third-order valence-corrected chi connectivity index (χ3v) is 7.16. The molecule has 0 aliphatic rings. The van der Waals surface area contributed by atoms with Crippen molar-refractivity contribution in [2.24, 2.45) is 5.73 Å². The fourth-order valence-corrected chi connectivity index (χ4v) is 5.15. The van der Waals surface area contributed by atoms with Crippen LogP contribution in [0.4, 0.5) is 26.3 Å². The molecular weight excluding hydrogens is 534 g/mol. The van der Waals surface area contributed by atoms with Crippen molar-refractivity contribution in [3.63, 3.8) is 0 Å². The Labute approximate surface area is 207 Å². The van der Waals surface area contributed by atoms with E-state index in [1.807, 2.05) is 0 Å². The molecule has 0 spiro atoms. The minimum Gasteiger partial charge on any atom is -0.368 e. The van der Waals surface area contributed by atoms with Crippen LogP contribution in [0.15, 0.2) is 77.7 Å².